The van der Waals surface area contributed by atoms with Gasteiger partial charge >= 0.3 is 0 Å². The third-order valence-electron chi connectivity index (χ3n) is 5.35. The van der Waals surface area contributed by atoms with Crippen molar-refractivity contribution in [3.63, 3.8) is 0 Å². The van der Waals surface area contributed by atoms with E-state index < -0.39 is 0 Å². The average Bonchev–Trinajstić information content (AvgIpc) is 2.85. The Morgan fingerprint density at radius 3 is 2.06 bits per heavy atom. The van der Waals surface area contributed by atoms with E-state index in [1.165, 1.54) is 6.42 Å². The maximum atomic E-state index is 12.5. The first-order valence-corrected chi connectivity index (χ1v) is 10.9. The van der Waals surface area contributed by atoms with E-state index >= 15 is 0 Å². The molecule has 0 spiro atoms. The summed E-state index contributed by atoms with van der Waals surface area (Å²) in [6, 6.07) is 24.0. The molecule has 0 aromatic heterocycles. The lowest BCUT2D eigenvalue weighted by Gasteiger charge is -2.26. The van der Waals surface area contributed by atoms with Gasteiger partial charge in [-0.3, -0.25) is 9.59 Å². The molecule has 1 aliphatic heterocycles. The summed E-state index contributed by atoms with van der Waals surface area (Å²) in [6.45, 7) is 1.79. The standard InChI is InChI=1S/C26H27N3O3/c30-25(28-22-13-15-24(16-14-22)32-23-7-3-1-4-8-23)19-27-21-11-9-20(10-12-21)26(31)29-17-5-2-6-18-29/h1,3-4,7-16,27H,2,5-6,17-19H2,(H,28,30). The molecule has 3 aromatic carbocycles. The molecule has 3 aromatic rings. The van der Waals surface area contributed by atoms with Gasteiger partial charge in [0.05, 0.1) is 6.54 Å². The maximum absolute atomic E-state index is 12.5. The molecule has 0 bridgehead atoms. The Labute approximate surface area is 188 Å². The van der Waals surface area contributed by atoms with Crippen molar-refractivity contribution in [3.05, 3.63) is 84.4 Å². The molecule has 2 N–H and O–H groups in total. The molecule has 1 saturated heterocycles. The van der Waals surface area contributed by atoms with Crippen LogP contribution in [0.25, 0.3) is 0 Å². The Morgan fingerprint density at radius 1 is 0.750 bits per heavy atom. The molecule has 4 rings (SSSR count). The maximum Gasteiger partial charge on any atom is 0.253 e. The van der Waals surface area contributed by atoms with Gasteiger partial charge in [0.2, 0.25) is 5.91 Å². The number of ether oxygens (including phenoxy) is 1. The fourth-order valence-corrected chi connectivity index (χ4v) is 3.63. The highest BCUT2D eigenvalue weighted by Crippen LogP contribution is 2.22. The Morgan fingerprint density at radius 2 is 1.38 bits per heavy atom. The third kappa shape index (κ3) is 5.88. The molecule has 1 aliphatic rings. The van der Waals surface area contributed by atoms with Crippen LogP contribution in [0, 0.1) is 0 Å². The van der Waals surface area contributed by atoms with Gasteiger partial charge in [-0.25, -0.2) is 0 Å². The molecule has 164 valence electrons. The second-order valence-corrected chi connectivity index (χ2v) is 7.77. The van der Waals surface area contributed by atoms with E-state index in [1.807, 2.05) is 71.6 Å². The van der Waals surface area contributed by atoms with Gasteiger partial charge in [-0.1, -0.05) is 18.2 Å². The van der Waals surface area contributed by atoms with Crippen LogP contribution in [0.15, 0.2) is 78.9 Å². The predicted octanol–water partition coefficient (Wildman–Crippen LogP) is 5.16. The number of carbonyl (C=O) groups is 2. The van der Waals surface area contributed by atoms with Gasteiger partial charge in [-0.05, 0) is 79.9 Å². The minimum absolute atomic E-state index is 0.0775. The predicted molar refractivity (Wildman–Crippen MR) is 126 cm³/mol. The zero-order chi connectivity index (χ0) is 22.2. The fraction of sp³-hybridized carbons (Fsp3) is 0.231. The molecule has 0 radical (unpaired) electrons. The summed E-state index contributed by atoms with van der Waals surface area (Å²) in [6.07, 6.45) is 3.34. The lowest BCUT2D eigenvalue weighted by molar-refractivity contribution is -0.114. The molecule has 1 heterocycles. The lowest BCUT2D eigenvalue weighted by Crippen LogP contribution is -2.35. The monoisotopic (exact) mass is 429 g/mol. The number of nitrogens with zero attached hydrogens (tertiary/aromatic N) is 1. The molecule has 0 saturated carbocycles. The first kappa shape index (κ1) is 21.4. The van der Waals surface area contributed by atoms with Crippen LogP contribution in [0.5, 0.6) is 11.5 Å². The summed E-state index contributed by atoms with van der Waals surface area (Å²) in [5, 5.41) is 5.95. The van der Waals surface area contributed by atoms with Crippen LogP contribution in [0.2, 0.25) is 0 Å². The second kappa shape index (κ2) is 10.5. The van der Waals surface area contributed by atoms with Crippen LogP contribution in [0.3, 0.4) is 0 Å². The topological polar surface area (TPSA) is 70.7 Å². The van der Waals surface area contributed by atoms with Crippen molar-refractivity contribution in [2.75, 3.05) is 30.3 Å². The Balaban J connectivity index is 1.24. The van der Waals surface area contributed by atoms with E-state index in [2.05, 4.69) is 10.6 Å². The molecular formula is C26H27N3O3. The Hall–Kier alpha value is -3.80. The lowest BCUT2D eigenvalue weighted by atomic mass is 10.1. The molecule has 0 unspecified atom stereocenters. The van der Waals surface area contributed by atoms with Crippen LogP contribution >= 0.6 is 0 Å². The molecule has 0 atom stereocenters. The molecular weight excluding hydrogens is 402 g/mol. The number of amides is 2. The zero-order valence-electron chi connectivity index (χ0n) is 17.9. The molecule has 2 amide bonds. The quantitative estimate of drug-likeness (QED) is 0.545. The average molecular weight is 430 g/mol. The highest BCUT2D eigenvalue weighted by Gasteiger charge is 2.17. The van der Waals surface area contributed by atoms with Crippen LogP contribution in [-0.4, -0.2) is 36.3 Å². The molecule has 1 fully saturated rings. The largest absolute Gasteiger partial charge is 0.457 e. The van der Waals surface area contributed by atoms with Crippen molar-refractivity contribution in [2.45, 2.75) is 19.3 Å². The van der Waals surface area contributed by atoms with Gasteiger partial charge in [0.1, 0.15) is 11.5 Å². The first-order valence-electron chi connectivity index (χ1n) is 10.9. The van der Waals surface area contributed by atoms with Crippen molar-refractivity contribution in [3.8, 4) is 11.5 Å². The summed E-state index contributed by atoms with van der Waals surface area (Å²) < 4.78 is 5.76. The SMILES string of the molecule is O=C(CNc1ccc(C(=O)N2CCCCC2)cc1)Nc1ccc(Oc2ccccc2)cc1. The summed E-state index contributed by atoms with van der Waals surface area (Å²) in [5.41, 5.74) is 2.17. The minimum atomic E-state index is -0.157. The molecule has 6 nitrogen and oxygen atoms in total. The highest BCUT2D eigenvalue weighted by atomic mass is 16.5. The fourth-order valence-electron chi connectivity index (χ4n) is 3.63. The van der Waals surface area contributed by atoms with Crippen molar-refractivity contribution in [2.24, 2.45) is 0 Å². The Kier molecular flexibility index (Phi) is 7.02. The normalized spacial score (nSPS) is 13.3. The summed E-state index contributed by atoms with van der Waals surface area (Å²) >= 11 is 0. The number of anilines is 2. The number of carbonyl (C=O) groups excluding carboxylic acids is 2. The van der Waals surface area contributed by atoms with Crippen LogP contribution in [0.4, 0.5) is 11.4 Å². The summed E-state index contributed by atoms with van der Waals surface area (Å²) in [4.78, 5) is 26.7. The molecule has 32 heavy (non-hydrogen) atoms. The highest BCUT2D eigenvalue weighted by molar-refractivity contribution is 5.95. The van der Waals surface area contributed by atoms with Crippen LogP contribution in [0.1, 0.15) is 29.6 Å². The number of hydrogen-bond acceptors (Lipinski definition) is 4. The smallest absolute Gasteiger partial charge is 0.253 e. The third-order valence-corrected chi connectivity index (χ3v) is 5.35. The number of rotatable bonds is 7. The summed E-state index contributed by atoms with van der Waals surface area (Å²) in [5.74, 6) is 1.38. The second-order valence-electron chi connectivity index (χ2n) is 7.77. The van der Waals surface area contributed by atoms with Gasteiger partial charge in [0.25, 0.3) is 5.91 Å². The number of para-hydroxylation sites is 1. The number of piperidine rings is 1. The van der Waals surface area contributed by atoms with E-state index in [1.54, 1.807) is 12.1 Å². The number of benzene rings is 3. The number of likely N-dealkylation sites (tertiary alicyclic amines) is 1. The number of nitrogens with one attached hydrogen (secondary N) is 2. The van der Waals surface area contributed by atoms with Crippen molar-refractivity contribution < 1.29 is 14.3 Å². The first-order chi connectivity index (χ1) is 15.7. The van der Waals surface area contributed by atoms with E-state index in [0.29, 0.717) is 17.0 Å². The zero-order valence-corrected chi connectivity index (χ0v) is 17.9. The number of hydrogen-bond donors (Lipinski definition) is 2. The van der Waals surface area contributed by atoms with Gasteiger partial charge in [0, 0.05) is 30.0 Å². The Bertz CT molecular complexity index is 1030. The molecule has 0 aliphatic carbocycles. The van der Waals surface area contributed by atoms with E-state index in [4.69, 9.17) is 4.74 Å². The van der Waals surface area contributed by atoms with Crippen molar-refractivity contribution >= 4 is 23.2 Å². The minimum Gasteiger partial charge on any atom is -0.457 e. The van der Waals surface area contributed by atoms with E-state index in [9.17, 15) is 9.59 Å². The van der Waals surface area contributed by atoms with Crippen molar-refractivity contribution in [1.82, 2.24) is 4.90 Å². The van der Waals surface area contributed by atoms with Gasteiger partial charge in [-0.2, -0.15) is 0 Å². The van der Waals surface area contributed by atoms with Crippen molar-refractivity contribution in [1.29, 1.82) is 0 Å². The van der Waals surface area contributed by atoms with Gasteiger partial charge < -0.3 is 20.3 Å². The van der Waals surface area contributed by atoms with Gasteiger partial charge in [-0.15, -0.1) is 0 Å². The summed E-state index contributed by atoms with van der Waals surface area (Å²) in [7, 11) is 0. The van der Waals surface area contributed by atoms with E-state index in [-0.39, 0.29) is 18.4 Å². The van der Waals surface area contributed by atoms with Crippen LogP contribution in [-0.2, 0) is 4.79 Å². The molecule has 6 heteroatoms. The van der Waals surface area contributed by atoms with Crippen LogP contribution < -0.4 is 15.4 Å². The van der Waals surface area contributed by atoms with E-state index in [0.717, 1.165) is 37.4 Å². The van der Waals surface area contributed by atoms with Gasteiger partial charge in [0.15, 0.2) is 0 Å².